The number of nitrogens with one attached hydrogen (secondary N) is 1. The standard InChI is InChI=1S/C35H31FN6O4/c1-44-26-13-12-23(30(19-26)45-2)20-38-35-40-32-27(9-6-10-28(32)36)34-39-25(21-42(34)35)17-22-7-5-11-29-33(22)46-16-15-41(29)31(43)18-24-8-3-4-14-37-24/h3-14,19,21H,15-18,20H2,1-2H3,(H,38,40). The second kappa shape index (κ2) is 12.4. The number of carbonyl (C=O) groups is 1. The van der Waals surface area contributed by atoms with Gasteiger partial charge in [0.25, 0.3) is 0 Å². The predicted molar refractivity (Wildman–Crippen MR) is 172 cm³/mol. The van der Waals surface area contributed by atoms with Gasteiger partial charge in [0.15, 0.2) is 0 Å². The summed E-state index contributed by atoms with van der Waals surface area (Å²) in [5.41, 5.74) is 4.73. The summed E-state index contributed by atoms with van der Waals surface area (Å²) < 4.78 is 33.9. The van der Waals surface area contributed by atoms with Gasteiger partial charge >= 0.3 is 0 Å². The van der Waals surface area contributed by atoms with Gasteiger partial charge in [0.1, 0.15) is 40.8 Å². The van der Waals surface area contributed by atoms with Crippen LogP contribution in [-0.4, -0.2) is 52.6 Å². The minimum absolute atomic E-state index is 0.0445. The summed E-state index contributed by atoms with van der Waals surface area (Å²) >= 11 is 0. The molecule has 0 fully saturated rings. The quantitative estimate of drug-likeness (QED) is 0.223. The van der Waals surface area contributed by atoms with Gasteiger partial charge in [-0.25, -0.2) is 14.4 Å². The van der Waals surface area contributed by atoms with Crippen molar-refractivity contribution in [3.8, 4) is 17.2 Å². The fourth-order valence-corrected chi connectivity index (χ4v) is 5.79. The van der Waals surface area contributed by atoms with Crippen molar-refractivity contribution >= 4 is 34.1 Å². The monoisotopic (exact) mass is 618 g/mol. The third-order valence-corrected chi connectivity index (χ3v) is 8.02. The molecule has 0 saturated carbocycles. The number of benzene rings is 3. The summed E-state index contributed by atoms with van der Waals surface area (Å²) in [5, 5.41) is 3.95. The highest BCUT2D eigenvalue weighted by Crippen LogP contribution is 2.37. The fraction of sp³-hybridized carbons (Fsp3) is 0.200. The van der Waals surface area contributed by atoms with Crippen molar-refractivity contribution in [2.45, 2.75) is 19.4 Å². The number of hydrogen-bond acceptors (Lipinski definition) is 8. The Morgan fingerprint density at radius 3 is 2.70 bits per heavy atom. The number of nitrogens with zero attached hydrogens (tertiary/aromatic N) is 5. The van der Waals surface area contributed by atoms with Crippen LogP contribution in [0.25, 0.3) is 16.6 Å². The zero-order chi connectivity index (χ0) is 31.6. The van der Waals surface area contributed by atoms with Gasteiger partial charge in [0.05, 0.1) is 38.6 Å². The van der Waals surface area contributed by atoms with Gasteiger partial charge in [-0.2, -0.15) is 0 Å². The number of amides is 1. The Hall–Kier alpha value is -5.71. The molecule has 0 bridgehead atoms. The molecule has 4 heterocycles. The molecular formula is C35H31FN6O4. The van der Waals surface area contributed by atoms with E-state index in [9.17, 15) is 4.79 Å². The van der Waals surface area contributed by atoms with Crippen LogP contribution in [0.1, 0.15) is 22.5 Å². The summed E-state index contributed by atoms with van der Waals surface area (Å²) in [7, 11) is 3.20. The molecule has 3 aromatic heterocycles. The Morgan fingerprint density at radius 2 is 1.87 bits per heavy atom. The van der Waals surface area contributed by atoms with Crippen LogP contribution in [0.15, 0.2) is 85.2 Å². The van der Waals surface area contributed by atoms with Gasteiger partial charge < -0.3 is 24.4 Å². The molecule has 0 radical (unpaired) electrons. The van der Waals surface area contributed by atoms with Gasteiger partial charge in [0, 0.05) is 53.6 Å². The number of anilines is 2. The molecule has 0 unspecified atom stereocenters. The average molecular weight is 619 g/mol. The largest absolute Gasteiger partial charge is 0.497 e. The maximum absolute atomic E-state index is 15.0. The van der Waals surface area contributed by atoms with E-state index in [2.05, 4.69) is 15.3 Å². The average Bonchev–Trinajstić information content (AvgIpc) is 3.52. The van der Waals surface area contributed by atoms with Crippen LogP contribution >= 0.6 is 0 Å². The van der Waals surface area contributed by atoms with Crippen molar-refractivity contribution < 1.29 is 23.4 Å². The number of ether oxygens (including phenoxy) is 3. The Labute approximate surface area is 264 Å². The number of carbonyl (C=O) groups excluding carboxylic acids is 1. The van der Waals surface area contributed by atoms with Crippen molar-refractivity contribution in [2.24, 2.45) is 0 Å². The number of rotatable bonds is 9. The molecule has 232 valence electrons. The molecule has 1 aliphatic rings. The maximum Gasteiger partial charge on any atom is 0.233 e. The van der Waals surface area contributed by atoms with E-state index in [0.29, 0.717) is 66.0 Å². The summed E-state index contributed by atoms with van der Waals surface area (Å²) in [6.45, 7) is 1.19. The lowest BCUT2D eigenvalue weighted by molar-refractivity contribution is -0.118. The van der Waals surface area contributed by atoms with Crippen LogP contribution in [0, 0.1) is 5.82 Å². The molecule has 0 aliphatic carbocycles. The molecule has 0 spiro atoms. The normalized spacial score (nSPS) is 12.5. The third-order valence-electron chi connectivity index (χ3n) is 8.02. The molecule has 7 rings (SSSR count). The first kappa shape index (κ1) is 29.0. The van der Waals surface area contributed by atoms with Gasteiger partial charge in [-0.05, 0) is 42.5 Å². The zero-order valence-electron chi connectivity index (χ0n) is 25.4. The molecule has 0 saturated heterocycles. The molecule has 10 nitrogen and oxygen atoms in total. The van der Waals surface area contributed by atoms with E-state index >= 15 is 4.39 Å². The highest BCUT2D eigenvalue weighted by molar-refractivity contribution is 5.97. The molecule has 1 amide bonds. The highest BCUT2D eigenvalue weighted by Gasteiger charge is 2.26. The van der Waals surface area contributed by atoms with E-state index in [1.54, 1.807) is 31.4 Å². The number of hydrogen-bond donors (Lipinski definition) is 1. The van der Waals surface area contributed by atoms with E-state index in [1.807, 2.05) is 71.3 Å². The topological polar surface area (TPSA) is 103 Å². The van der Waals surface area contributed by atoms with Crippen LogP contribution in [0.5, 0.6) is 17.2 Å². The molecule has 6 aromatic rings. The number of pyridine rings is 1. The number of methoxy groups -OCH3 is 2. The molecule has 11 heteroatoms. The van der Waals surface area contributed by atoms with Crippen LogP contribution in [-0.2, 0) is 24.2 Å². The fourth-order valence-electron chi connectivity index (χ4n) is 5.79. The molecule has 46 heavy (non-hydrogen) atoms. The van der Waals surface area contributed by atoms with Crippen LogP contribution < -0.4 is 24.4 Å². The van der Waals surface area contributed by atoms with Crippen molar-refractivity contribution in [3.05, 3.63) is 114 Å². The van der Waals surface area contributed by atoms with Gasteiger partial charge in [-0.15, -0.1) is 0 Å². The van der Waals surface area contributed by atoms with E-state index in [0.717, 1.165) is 22.5 Å². The number of halogens is 1. The lowest BCUT2D eigenvalue weighted by Crippen LogP contribution is -2.39. The maximum atomic E-state index is 15.0. The summed E-state index contributed by atoms with van der Waals surface area (Å²) in [4.78, 5) is 29.0. The van der Waals surface area contributed by atoms with Gasteiger partial charge in [-0.3, -0.25) is 14.2 Å². The highest BCUT2D eigenvalue weighted by atomic mass is 19.1. The van der Waals surface area contributed by atoms with E-state index in [1.165, 1.54) is 6.07 Å². The number of aromatic nitrogens is 4. The van der Waals surface area contributed by atoms with Crippen molar-refractivity contribution in [1.82, 2.24) is 19.4 Å². The first-order valence-electron chi connectivity index (χ1n) is 14.9. The van der Waals surface area contributed by atoms with Crippen molar-refractivity contribution in [3.63, 3.8) is 0 Å². The Morgan fingerprint density at radius 1 is 0.978 bits per heavy atom. The Bertz CT molecular complexity index is 2070. The summed E-state index contributed by atoms with van der Waals surface area (Å²) in [6, 6.07) is 21.8. The second-order valence-corrected chi connectivity index (χ2v) is 10.9. The van der Waals surface area contributed by atoms with E-state index in [4.69, 9.17) is 19.2 Å². The summed E-state index contributed by atoms with van der Waals surface area (Å²) in [5.74, 6) is 1.94. The van der Waals surface area contributed by atoms with Crippen molar-refractivity contribution in [1.29, 1.82) is 0 Å². The SMILES string of the molecule is COc1ccc(CNc2nc3c(F)cccc3c3nc(Cc4cccc5c4OCCN5C(=O)Cc4ccccn4)cn23)c(OC)c1. The summed E-state index contributed by atoms with van der Waals surface area (Å²) in [6.07, 6.45) is 4.21. The minimum atomic E-state index is -0.435. The second-order valence-electron chi connectivity index (χ2n) is 10.9. The van der Waals surface area contributed by atoms with Crippen LogP contribution in [0.2, 0.25) is 0 Å². The van der Waals surface area contributed by atoms with Crippen LogP contribution in [0.4, 0.5) is 16.0 Å². The predicted octanol–water partition coefficient (Wildman–Crippen LogP) is 5.60. The first-order valence-corrected chi connectivity index (χ1v) is 14.9. The van der Waals surface area contributed by atoms with Crippen LogP contribution in [0.3, 0.4) is 0 Å². The zero-order valence-corrected chi connectivity index (χ0v) is 25.4. The lowest BCUT2D eigenvalue weighted by atomic mass is 10.1. The first-order chi connectivity index (χ1) is 22.5. The van der Waals surface area contributed by atoms with Crippen molar-refractivity contribution in [2.75, 3.05) is 37.6 Å². The molecular weight excluding hydrogens is 587 g/mol. The molecule has 3 aromatic carbocycles. The Balaban J connectivity index is 1.22. The van der Waals surface area contributed by atoms with Gasteiger partial charge in [-0.1, -0.05) is 24.3 Å². The molecule has 1 aliphatic heterocycles. The van der Waals surface area contributed by atoms with E-state index < -0.39 is 5.82 Å². The molecule has 1 N–H and O–H groups in total. The molecule has 0 atom stereocenters. The van der Waals surface area contributed by atoms with Gasteiger partial charge in [0.2, 0.25) is 11.9 Å². The lowest BCUT2D eigenvalue weighted by Gasteiger charge is -2.31. The third kappa shape index (κ3) is 5.51. The number of imidazole rings is 1. The number of fused-ring (bicyclic) bond motifs is 4. The minimum Gasteiger partial charge on any atom is -0.497 e. The Kier molecular flexibility index (Phi) is 7.79. The number of para-hydroxylation sites is 2. The van der Waals surface area contributed by atoms with E-state index in [-0.39, 0.29) is 17.8 Å². The smallest absolute Gasteiger partial charge is 0.233 e.